The Morgan fingerprint density at radius 3 is 2.62 bits per heavy atom. The highest BCUT2D eigenvalue weighted by Gasteiger charge is 2.12. The van der Waals surface area contributed by atoms with Crippen LogP contribution in [0.1, 0.15) is 10.4 Å². The maximum atomic E-state index is 10.7. The summed E-state index contributed by atoms with van der Waals surface area (Å²) in [5, 5.41) is 11.9. The molecule has 2 rings (SSSR count). The number of hydrogen-bond acceptors (Lipinski definition) is 4. The minimum Gasteiger partial charge on any atom is -0.478 e. The lowest BCUT2D eigenvalue weighted by molar-refractivity contribution is 0.0697. The number of anilines is 1. The Hall–Kier alpha value is -2.04. The number of likely N-dealkylation sites (N-methyl/N-ethyl adjacent to an activating group) is 1. The van der Waals surface area contributed by atoms with Gasteiger partial charge in [-0.1, -0.05) is 0 Å². The Balaban J connectivity index is 2.08. The third kappa shape index (κ3) is 2.13. The topological polar surface area (TPSA) is 64.9 Å². The molecule has 0 aromatic heterocycles. The molecule has 1 aromatic carbocycles. The molecule has 0 saturated heterocycles. The summed E-state index contributed by atoms with van der Waals surface area (Å²) in [7, 11) is 1.96. The first-order valence-corrected chi connectivity index (χ1v) is 5.03. The van der Waals surface area contributed by atoms with Crippen LogP contribution in [-0.2, 0) is 0 Å². The Labute approximate surface area is 93.4 Å². The second-order valence-corrected chi connectivity index (χ2v) is 3.63. The highest BCUT2D eigenvalue weighted by Crippen LogP contribution is 2.11. The number of hydrogen-bond donors (Lipinski definition) is 2. The van der Waals surface area contributed by atoms with Crippen molar-refractivity contribution in [3.8, 4) is 0 Å². The summed E-state index contributed by atoms with van der Waals surface area (Å²) in [5.74, 6) is -0.0926. The number of nitrogens with zero attached hydrogens (tertiary/aromatic N) is 2. The number of benzene rings is 1. The van der Waals surface area contributed by atoms with Crippen molar-refractivity contribution >= 4 is 17.6 Å². The summed E-state index contributed by atoms with van der Waals surface area (Å²) >= 11 is 0. The fourth-order valence-corrected chi connectivity index (χ4v) is 1.49. The van der Waals surface area contributed by atoms with Gasteiger partial charge in [0.05, 0.1) is 12.1 Å². The van der Waals surface area contributed by atoms with Gasteiger partial charge in [-0.2, -0.15) is 0 Å². The van der Waals surface area contributed by atoms with E-state index in [1.54, 1.807) is 24.3 Å². The van der Waals surface area contributed by atoms with E-state index in [0.29, 0.717) is 0 Å². The van der Waals surface area contributed by atoms with Crippen LogP contribution in [-0.4, -0.2) is 42.1 Å². The molecule has 0 atom stereocenters. The van der Waals surface area contributed by atoms with Crippen molar-refractivity contribution in [2.75, 3.05) is 25.5 Å². The largest absolute Gasteiger partial charge is 0.478 e. The van der Waals surface area contributed by atoms with Gasteiger partial charge in [0.15, 0.2) is 5.96 Å². The van der Waals surface area contributed by atoms with E-state index in [9.17, 15) is 4.79 Å². The van der Waals surface area contributed by atoms with Crippen LogP contribution in [0.3, 0.4) is 0 Å². The first-order valence-electron chi connectivity index (χ1n) is 5.03. The van der Waals surface area contributed by atoms with Gasteiger partial charge in [-0.05, 0) is 24.3 Å². The van der Waals surface area contributed by atoms with E-state index in [4.69, 9.17) is 5.11 Å². The SMILES string of the molecule is CN1CCN=C1Nc1ccc(C(=O)O)cc1. The van der Waals surface area contributed by atoms with Crippen molar-refractivity contribution < 1.29 is 9.90 Å². The second-order valence-electron chi connectivity index (χ2n) is 3.63. The van der Waals surface area contributed by atoms with E-state index < -0.39 is 5.97 Å². The molecule has 0 saturated carbocycles. The number of carboxylic acids is 1. The van der Waals surface area contributed by atoms with Crippen LogP contribution >= 0.6 is 0 Å². The first-order chi connectivity index (χ1) is 7.66. The van der Waals surface area contributed by atoms with Gasteiger partial charge in [0.25, 0.3) is 0 Å². The number of carboxylic acid groups (broad SMARTS) is 1. The Kier molecular flexibility index (Phi) is 2.76. The van der Waals surface area contributed by atoms with Gasteiger partial charge in [0, 0.05) is 19.3 Å². The molecule has 1 aliphatic heterocycles. The zero-order valence-electron chi connectivity index (χ0n) is 8.97. The summed E-state index contributed by atoms with van der Waals surface area (Å²) in [6.45, 7) is 1.71. The van der Waals surface area contributed by atoms with Crippen LogP contribution < -0.4 is 5.32 Å². The molecular weight excluding hydrogens is 206 g/mol. The van der Waals surface area contributed by atoms with Gasteiger partial charge in [-0.3, -0.25) is 4.99 Å². The predicted octanol–water partition coefficient (Wildman–Crippen LogP) is 1.10. The molecule has 1 heterocycles. The Morgan fingerprint density at radius 2 is 2.12 bits per heavy atom. The average Bonchev–Trinajstić information content (AvgIpc) is 2.65. The number of aliphatic imine (C=N–C) groups is 1. The van der Waals surface area contributed by atoms with Crippen molar-refractivity contribution in [3.63, 3.8) is 0 Å². The van der Waals surface area contributed by atoms with Crippen LogP contribution in [0.5, 0.6) is 0 Å². The van der Waals surface area contributed by atoms with E-state index in [1.807, 2.05) is 11.9 Å². The fourth-order valence-electron chi connectivity index (χ4n) is 1.49. The second kappa shape index (κ2) is 4.22. The molecule has 0 unspecified atom stereocenters. The minimum atomic E-state index is -0.915. The maximum absolute atomic E-state index is 10.7. The monoisotopic (exact) mass is 219 g/mol. The maximum Gasteiger partial charge on any atom is 0.335 e. The van der Waals surface area contributed by atoms with Gasteiger partial charge in [0.1, 0.15) is 0 Å². The van der Waals surface area contributed by atoms with Crippen molar-refractivity contribution in [1.82, 2.24) is 4.90 Å². The molecule has 0 fully saturated rings. The minimum absolute atomic E-state index is 0.285. The standard InChI is InChI=1S/C11H13N3O2/c1-14-7-6-12-11(14)13-9-4-2-8(3-5-9)10(15)16/h2-5H,6-7H2,1H3,(H,12,13)(H,15,16). The van der Waals surface area contributed by atoms with Crippen LogP contribution in [0.25, 0.3) is 0 Å². The van der Waals surface area contributed by atoms with Crippen LogP contribution in [0.15, 0.2) is 29.3 Å². The molecule has 0 aliphatic carbocycles. The van der Waals surface area contributed by atoms with Gasteiger partial charge in [0.2, 0.25) is 0 Å². The molecule has 5 heteroatoms. The van der Waals surface area contributed by atoms with Crippen LogP contribution in [0.2, 0.25) is 0 Å². The molecule has 0 amide bonds. The van der Waals surface area contributed by atoms with Crippen molar-refractivity contribution in [3.05, 3.63) is 29.8 Å². The molecule has 1 aromatic rings. The Morgan fingerprint density at radius 1 is 1.44 bits per heavy atom. The molecule has 0 spiro atoms. The molecule has 2 N–H and O–H groups in total. The highest BCUT2D eigenvalue weighted by atomic mass is 16.4. The van der Waals surface area contributed by atoms with Crippen LogP contribution in [0.4, 0.5) is 5.69 Å². The summed E-state index contributed by atoms with van der Waals surface area (Å²) in [4.78, 5) is 17.0. The Bertz CT molecular complexity index is 425. The molecule has 84 valence electrons. The van der Waals surface area contributed by atoms with E-state index in [0.717, 1.165) is 24.7 Å². The summed E-state index contributed by atoms with van der Waals surface area (Å²) in [5.41, 5.74) is 1.13. The molecule has 0 radical (unpaired) electrons. The third-order valence-corrected chi connectivity index (χ3v) is 2.45. The fraction of sp³-hybridized carbons (Fsp3) is 0.273. The summed E-state index contributed by atoms with van der Waals surface area (Å²) in [6, 6.07) is 6.61. The van der Waals surface area contributed by atoms with E-state index >= 15 is 0 Å². The average molecular weight is 219 g/mol. The number of aromatic carboxylic acids is 1. The molecule has 16 heavy (non-hydrogen) atoms. The predicted molar refractivity (Wildman–Crippen MR) is 62.0 cm³/mol. The van der Waals surface area contributed by atoms with Crippen LogP contribution in [0, 0.1) is 0 Å². The van der Waals surface area contributed by atoms with Crippen molar-refractivity contribution in [1.29, 1.82) is 0 Å². The lowest BCUT2D eigenvalue weighted by Crippen LogP contribution is -2.29. The zero-order valence-corrected chi connectivity index (χ0v) is 8.97. The van der Waals surface area contributed by atoms with E-state index in [-0.39, 0.29) is 5.56 Å². The lowest BCUT2D eigenvalue weighted by atomic mass is 10.2. The van der Waals surface area contributed by atoms with Crippen molar-refractivity contribution in [2.45, 2.75) is 0 Å². The quantitative estimate of drug-likeness (QED) is 0.781. The number of carbonyl (C=O) groups is 1. The summed E-state index contributed by atoms with van der Waals surface area (Å²) < 4.78 is 0. The van der Waals surface area contributed by atoms with E-state index in [1.165, 1.54) is 0 Å². The molecule has 5 nitrogen and oxygen atoms in total. The smallest absolute Gasteiger partial charge is 0.335 e. The third-order valence-electron chi connectivity index (χ3n) is 2.45. The normalized spacial score (nSPS) is 14.8. The molecule has 1 aliphatic rings. The number of nitrogens with one attached hydrogen (secondary N) is 1. The van der Waals surface area contributed by atoms with Crippen molar-refractivity contribution in [2.24, 2.45) is 4.99 Å². The number of guanidine groups is 1. The van der Waals surface area contributed by atoms with E-state index in [2.05, 4.69) is 10.3 Å². The van der Waals surface area contributed by atoms with Gasteiger partial charge in [-0.25, -0.2) is 4.79 Å². The van der Waals surface area contributed by atoms with Gasteiger partial charge in [-0.15, -0.1) is 0 Å². The lowest BCUT2D eigenvalue weighted by Gasteiger charge is -2.15. The summed E-state index contributed by atoms with van der Waals surface area (Å²) in [6.07, 6.45) is 0. The first kappa shape index (κ1) is 10.5. The van der Waals surface area contributed by atoms with Gasteiger partial charge < -0.3 is 15.3 Å². The molecular formula is C11H13N3O2. The highest BCUT2D eigenvalue weighted by molar-refractivity contribution is 5.95. The number of rotatable bonds is 2. The zero-order chi connectivity index (χ0) is 11.5. The van der Waals surface area contributed by atoms with Gasteiger partial charge >= 0.3 is 5.97 Å². The molecule has 0 bridgehead atoms.